The van der Waals surface area contributed by atoms with Crippen LogP contribution in [0.4, 0.5) is 0 Å². The molecule has 1 N–H and O–H groups in total. The normalized spacial score (nSPS) is 12.2. The molecule has 0 saturated carbocycles. The number of ether oxygens (including phenoxy) is 1. The number of nitrogens with zero attached hydrogens (tertiary/aromatic N) is 1. The zero-order chi connectivity index (χ0) is 15.6. The third-order valence-electron chi connectivity index (χ3n) is 3.17. The van der Waals surface area contributed by atoms with E-state index in [0.717, 1.165) is 12.3 Å². The summed E-state index contributed by atoms with van der Waals surface area (Å²) in [5, 5.41) is 10.1. The van der Waals surface area contributed by atoms with Crippen molar-refractivity contribution in [1.82, 2.24) is 4.90 Å². The highest BCUT2D eigenvalue weighted by Crippen LogP contribution is 2.11. The van der Waals surface area contributed by atoms with E-state index in [1.165, 1.54) is 5.56 Å². The van der Waals surface area contributed by atoms with Crippen LogP contribution in [-0.4, -0.2) is 35.9 Å². The Labute approximate surface area is 131 Å². The van der Waals surface area contributed by atoms with Crippen LogP contribution >= 0.6 is 0 Å². The molecule has 2 aromatic rings. The smallest absolute Gasteiger partial charge is 0.117 e. The largest absolute Gasteiger partial charge is 0.468 e. The summed E-state index contributed by atoms with van der Waals surface area (Å²) in [6.07, 6.45) is 6.19. The van der Waals surface area contributed by atoms with Crippen LogP contribution in [0, 0.1) is 12.3 Å². The quantitative estimate of drug-likeness (QED) is 0.570. The first-order valence-electron chi connectivity index (χ1n) is 7.26. The minimum Gasteiger partial charge on any atom is -0.468 e. The van der Waals surface area contributed by atoms with Gasteiger partial charge >= 0.3 is 0 Å². The second kappa shape index (κ2) is 9.06. The van der Waals surface area contributed by atoms with Crippen molar-refractivity contribution in [2.24, 2.45) is 0 Å². The molecule has 0 spiro atoms. The van der Waals surface area contributed by atoms with Crippen LogP contribution in [0.15, 0.2) is 53.1 Å². The van der Waals surface area contributed by atoms with Gasteiger partial charge in [0.15, 0.2) is 0 Å². The molecule has 1 aromatic heterocycles. The fourth-order valence-electron chi connectivity index (χ4n) is 2.25. The molecular formula is C18H21NO3. The maximum atomic E-state index is 10.1. The first-order chi connectivity index (χ1) is 10.8. The summed E-state index contributed by atoms with van der Waals surface area (Å²) in [6, 6.07) is 13.9. The second-order valence-electron chi connectivity index (χ2n) is 5.11. The van der Waals surface area contributed by atoms with Gasteiger partial charge in [0, 0.05) is 13.1 Å². The standard InChI is InChI=1S/C18H21NO3/c1-2-10-21-15-17(20)13-19(14-18-9-6-11-22-18)12-16-7-4-3-5-8-16/h1,3-9,11,17,20H,10,12-15H2/t17-/m0/s1. The maximum absolute atomic E-state index is 10.1. The lowest BCUT2D eigenvalue weighted by Gasteiger charge is -2.24. The molecule has 1 atom stereocenters. The van der Waals surface area contributed by atoms with E-state index in [1.54, 1.807) is 6.26 Å². The highest BCUT2D eigenvalue weighted by atomic mass is 16.5. The minimum atomic E-state index is -0.591. The SMILES string of the molecule is C#CCOC[C@@H](O)CN(Cc1ccccc1)Cc1ccco1. The Morgan fingerprint density at radius 1 is 1.18 bits per heavy atom. The van der Waals surface area contributed by atoms with Crippen molar-refractivity contribution >= 4 is 0 Å². The maximum Gasteiger partial charge on any atom is 0.117 e. The van der Waals surface area contributed by atoms with Crippen molar-refractivity contribution in [2.45, 2.75) is 19.2 Å². The Hall–Kier alpha value is -2.06. The summed E-state index contributed by atoms with van der Waals surface area (Å²) >= 11 is 0. The molecule has 2 rings (SSSR count). The Morgan fingerprint density at radius 3 is 2.68 bits per heavy atom. The van der Waals surface area contributed by atoms with Gasteiger partial charge in [-0.2, -0.15) is 0 Å². The highest BCUT2D eigenvalue weighted by Gasteiger charge is 2.14. The first kappa shape index (κ1) is 16.3. The molecule has 0 radical (unpaired) electrons. The molecule has 4 heteroatoms. The third-order valence-corrected chi connectivity index (χ3v) is 3.17. The Balaban J connectivity index is 1.93. The Kier molecular flexibility index (Phi) is 6.72. The molecule has 0 aliphatic carbocycles. The van der Waals surface area contributed by atoms with E-state index in [1.807, 2.05) is 30.3 Å². The van der Waals surface area contributed by atoms with Crippen molar-refractivity contribution < 1.29 is 14.3 Å². The number of aliphatic hydroxyl groups excluding tert-OH is 1. The van der Waals surface area contributed by atoms with Gasteiger partial charge in [-0.05, 0) is 17.7 Å². The van der Waals surface area contributed by atoms with Gasteiger partial charge in [0.2, 0.25) is 0 Å². The van der Waals surface area contributed by atoms with E-state index in [9.17, 15) is 5.11 Å². The molecule has 0 aliphatic rings. The van der Waals surface area contributed by atoms with Crippen LogP contribution in [0.3, 0.4) is 0 Å². The fourth-order valence-corrected chi connectivity index (χ4v) is 2.25. The van der Waals surface area contributed by atoms with Gasteiger partial charge in [0.25, 0.3) is 0 Å². The summed E-state index contributed by atoms with van der Waals surface area (Å²) in [5.41, 5.74) is 1.19. The molecule has 1 aromatic carbocycles. The molecule has 0 bridgehead atoms. The first-order valence-corrected chi connectivity index (χ1v) is 7.26. The van der Waals surface area contributed by atoms with E-state index in [0.29, 0.717) is 13.1 Å². The molecule has 0 aliphatic heterocycles. The second-order valence-corrected chi connectivity index (χ2v) is 5.11. The minimum absolute atomic E-state index is 0.216. The average molecular weight is 299 g/mol. The Morgan fingerprint density at radius 2 is 2.00 bits per heavy atom. The van der Waals surface area contributed by atoms with Gasteiger partial charge in [-0.3, -0.25) is 4.90 Å². The Bertz CT molecular complexity index is 560. The molecule has 22 heavy (non-hydrogen) atoms. The fraction of sp³-hybridized carbons (Fsp3) is 0.333. The van der Waals surface area contributed by atoms with Crippen molar-refractivity contribution in [3.8, 4) is 12.3 Å². The summed E-state index contributed by atoms with van der Waals surface area (Å²) in [4.78, 5) is 2.12. The van der Waals surface area contributed by atoms with Crippen molar-refractivity contribution in [3.05, 3.63) is 60.1 Å². The van der Waals surface area contributed by atoms with Gasteiger partial charge in [-0.15, -0.1) is 6.42 Å². The molecular weight excluding hydrogens is 278 g/mol. The van der Waals surface area contributed by atoms with Crippen LogP contribution in [0.5, 0.6) is 0 Å². The number of hydrogen-bond acceptors (Lipinski definition) is 4. The summed E-state index contributed by atoms with van der Waals surface area (Å²) in [6.45, 7) is 2.30. The molecule has 0 amide bonds. The molecule has 4 nitrogen and oxygen atoms in total. The van der Waals surface area contributed by atoms with E-state index < -0.39 is 6.10 Å². The zero-order valence-corrected chi connectivity index (χ0v) is 12.5. The lowest BCUT2D eigenvalue weighted by Crippen LogP contribution is -2.34. The van der Waals surface area contributed by atoms with E-state index >= 15 is 0 Å². The van der Waals surface area contributed by atoms with Gasteiger partial charge in [-0.25, -0.2) is 0 Å². The van der Waals surface area contributed by atoms with E-state index in [-0.39, 0.29) is 13.2 Å². The van der Waals surface area contributed by atoms with Crippen molar-refractivity contribution in [2.75, 3.05) is 19.8 Å². The number of rotatable bonds is 9. The number of hydrogen-bond donors (Lipinski definition) is 1. The zero-order valence-electron chi connectivity index (χ0n) is 12.5. The number of benzene rings is 1. The topological polar surface area (TPSA) is 45.8 Å². The molecule has 0 saturated heterocycles. The van der Waals surface area contributed by atoms with Crippen LogP contribution in [0.2, 0.25) is 0 Å². The van der Waals surface area contributed by atoms with E-state index in [2.05, 4.69) is 23.0 Å². The summed E-state index contributed by atoms with van der Waals surface area (Å²) in [5.74, 6) is 3.26. The predicted molar refractivity (Wildman–Crippen MR) is 84.9 cm³/mol. The summed E-state index contributed by atoms with van der Waals surface area (Å²) in [7, 11) is 0. The van der Waals surface area contributed by atoms with Crippen molar-refractivity contribution in [3.63, 3.8) is 0 Å². The van der Waals surface area contributed by atoms with Gasteiger partial charge < -0.3 is 14.3 Å². The lowest BCUT2D eigenvalue weighted by molar-refractivity contribution is 0.0230. The van der Waals surface area contributed by atoms with Crippen LogP contribution in [0.25, 0.3) is 0 Å². The third kappa shape index (κ3) is 5.74. The van der Waals surface area contributed by atoms with Crippen LogP contribution in [0.1, 0.15) is 11.3 Å². The van der Waals surface area contributed by atoms with E-state index in [4.69, 9.17) is 15.6 Å². The van der Waals surface area contributed by atoms with Crippen LogP contribution in [-0.2, 0) is 17.8 Å². The molecule has 116 valence electrons. The highest BCUT2D eigenvalue weighted by molar-refractivity contribution is 5.14. The van der Waals surface area contributed by atoms with Gasteiger partial charge in [-0.1, -0.05) is 36.3 Å². The average Bonchev–Trinajstić information content (AvgIpc) is 3.01. The van der Waals surface area contributed by atoms with Gasteiger partial charge in [0.05, 0.1) is 25.5 Å². The number of aliphatic hydroxyl groups is 1. The number of terminal acetylenes is 1. The van der Waals surface area contributed by atoms with Crippen LogP contribution < -0.4 is 0 Å². The van der Waals surface area contributed by atoms with Gasteiger partial charge in [0.1, 0.15) is 12.4 Å². The predicted octanol–water partition coefficient (Wildman–Crippen LogP) is 2.29. The van der Waals surface area contributed by atoms with Crippen molar-refractivity contribution in [1.29, 1.82) is 0 Å². The summed E-state index contributed by atoms with van der Waals surface area (Å²) < 4.78 is 10.6. The number of furan rings is 1. The molecule has 0 unspecified atom stereocenters. The molecule has 0 fully saturated rings. The lowest BCUT2D eigenvalue weighted by atomic mass is 10.2. The monoisotopic (exact) mass is 299 g/mol. The molecule has 1 heterocycles.